The summed E-state index contributed by atoms with van der Waals surface area (Å²) in [4.78, 5) is 25.1. The molecule has 1 aliphatic heterocycles. The topological polar surface area (TPSA) is 54.3 Å². The highest BCUT2D eigenvalue weighted by Gasteiger charge is 2.31. The van der Waals surface area contributed by atoms with E-state index in [0.717, 1.165) is 40.7 Å². The van der Waals surface area contributed by atoms with Crippen molar-refractivity contribution in [1.82, 2.24) is 19.4 Å². The Morgan fingerprint density at radius 2 is 1.79 bits per heavy atom. The fourth-order valence-electron chi connectivity index (χ4n) is 4.04. The number of hydrogen-bond donors (Lipinski definition) is 0. The van der Waals surface area contributed by atoms with Gasteiger partial charge in [-0.2, -0.15) is 13.2 Å². The van der Waals surface area contributed by atoms with Gasteiger partial charge in [0, 0.05) is 50.5 Å². The van der Waals surface area contributed by atoms with Crippen LogP contribution in [0, 0.1) is 13.8 Å². The second kappa shape index (κ2) is 10.1. The third-order valence-corrected chi connectivity index (χ3v) is 6.62. The summed E-state index contributed by atoms with van der Waals surface area (Å²) >= 11 is 1.40. The predicted octanol–water partition coefficient (Wildman–Crippen LogP) is 4.73. The van der Waals surface area contributed by atoms with Gasteiger partial charge in [0.1, 0.15) is 5.82 Å². The van der Waals surface area contributed by atoms with Gasteiger partial charge in [0.05, 0.1) is 11.3 Å². The van der Waals surface area contributed by atoms with Gasteiger partial charge in [0.2, 0.25) is 5.91 Å². The van der Waals surface area contributed by atoms with Crippen molar-refractivity contribution in [2.75, 3.05) is 36.8 Å². The molecular formula is C24H26F3N5OS. The maximum Gasteiger partial charge on any atom is 0.417 e. The molecule has 0 unspecified atom stereocenters. The zero-order valence-electron chi connectivity index (χ0n) is 19.0. The predicted molar refractivity (Wildman–Crippen MR) is 126 cm³/mol. The van der Waals surface area contributed by atoms with E-state index in [1.165, 1.54) is 17.8 Å². The van der Waals surface area contributed by atoms with Crippen LogP contribution in [-0.2, 0) is 11.0 Å². The smallest absolute Gasteiger partial charge is 0.355 e. The lowest BCUT2D eigenvalue weighted by molar-refractivity contribution is -0.137. The molecule has 180 valence electrons. The summed E-state index contributed by atoms with van der Waals surface area (Å²) in [5.74, 6) is 0.773. The van der Waals surface area contributed by atoms with E-state index in [2.05, 4.69) is 28.2 Å². The number of carbonyl (C=O) groups excluding carboxylic acids is 1. The minimum absolute atomic E-state index is 0.0159. The number of hydrogen-bond acceptors (Lipinski definition) is 5. The normalized spacial score (nSPS) is 14.9. The number of aromatic nitrogens is 3. The lowest BCUT2D eigenvalue weighted by Crippen LogP contribution is -2.36. The van der Waals surface area contributed by atoms with Gasteiger partial charge in [-0.05, 0) is 55.7 Å². The number of alkyl halides is 3. The molecule has 4 rings (SSSR count). The van der Waals surface area contributed by atoms with Crippen molar-refractivity contribution >= 4 is 23.5 Å². The van der Waals surface area contributed by atoms with Gasteiger partial charge in [-0.3, -0.25) is 9.36 Å². The van der Waals surface area contributed by atoms with E-state index < -0.39 is 11.7 Å². The Bertz CT molecular complexity index is 1130. The molecule has 1 fully saturated rings. The molecule has 1 saturated heterocycles. The summed E-state index contributed by atoms with van der Waals surface area (Å²) < 4.78 is 40.4. The van der Waals surface area contributed by atoms with E-state index in [1.807, 2.05) is 29.5 Å². The molecule has 0 saturated carbocycles. The van der Waals surface area contributed by atoms with Gasteiger partial charge in [-0.1, -0.05) is 17.8 Å². The Labute approximate surface area is 200 Å². The van der Waals surface area contributed by atoms with Crippen LogP contribution < -0.4 is 4.90 Å². The number of imidazole rings is 1. The van der Waals surface area contributed by atoms with Gasteiger partial charge < -0.3 is 9.80 Å². The summed E-state index contributed by atoms with van der Waals surface area (Å²) in [5.41, 5.74) is 2.57. The Kier molecular flexibility index (Phi) is 7.16. The highest BCUT2D eigenvalue weighted by atomic mass is 32.2. The minimum atomic E-state index is -4.40. The first kappa shape index (κ1) is 24.1. The number of pyridine rings is 1. The highest BCUT2D eigenvalue weighted by Crippen LogP contribution is 2.29. The number of carbonyl (C=O) groups is 1. The Balaban J connectivity index is 1.35. The quantitative estimate of drug-likeness (QED) is 0.485. The first-order valence-corrected chi connectivity index (χ1v) is 12.0. The number of aryl methyl sites for hydroxylation is 2. The van der Waals surface area contributed by atoms with Crippen molar-refractivity contribution < 1.29 is 18.0 Å². The van der Waals surface area contributed by atoms with Gasteiger partial charge in [-0.25, -0.2) is 9.97 Å². The summed E-state index contributed by atoms with van der Waals surface area (Å²) in [6.07, 6.45) is 0.791. The van der Waals surface area contributed by atoms with Crippen LogP contribution >= 0.6 is 11.8 Å². The molecule has 6 nitrogen and oxygen atoms in total. The zero-order valence-corrected chi connectivity index (χ0v) is 19.9. The summed E-state index contributed by atoms with van der Waals surface area (Å²) in [7, 11) is 0. The fraction of sp³-hybridized carbons (Fsp3) is 0.375. The van der Waals surface area contributed by atoms with Crippen LogP contribution in [0.2, 0.25) is 0 Å². The van der Waals surface area contributed by atoms with E-state index in [9.17, 15) is 18.0 Å². The molecule has 0 bridgehead atoms. The Morgan fingerprint density at radius 3 is 2.47 bits per heavy atom. The van der Waals surface area contributed by atoms with Crippen LogP contribution in [0.25, 0.3) is 5.69 Å². The van der Waals surface area contributed by atoms with Gasteiger partial charge >= 0.3 is 6.18 Å². The molecule has 0 aliphatic carbocycles. The van der Waals surface area contributed by atoms with Crippen LogP contribution in [0.3, 0.4) is 0 Å². The molecule has 0 atom stereocenters. The number of nitrogens with zero attached hydrogens (tertiary/aromatic N) is 5. The summed E-state index contributed by atoms with van der Waals surface area (Å²) in [6, 6.07) is 8.71. The molecule has 34 heavy (non-hydrogen) atoms. The number of amides is 1. The minimum Gasteiger partial charge on any atom is -0.355 e. The first-order valence-electron chi connectivity index (χ1n) is 11.0. The molecule has 1 amide bonds. The van der Waals surface area contributed by atoms with Crippen LogP contribution in [0.15, 0.2) is 54.1 Å². The van der Waals surface area contributed by atoms with E-state index in [4.69, 9.17) is 0 Å². The van der Waals surface area contributed by atoms with Crippen molar-refractivity contribution in [2.24, 2.45) is 0 Å². The molecule has 1 aliphatic rings. The van der Waals surface area contributed by atoms with Crippen molar-refractivity contribution in [3.8, 4) is 5.69 Å². The molecule has 10 heteroatoms. The zero-order chi connectivity index (χ0) is 24.3. The Hall–Kier alpha value is -3.01. The number of rotatable bonds is 5. The number of anilines is 1. The van der Waals surface area contributed by atoms with E-state index in [1.54, 1.807) is 11.1 Å². The number of benzene rings is 1. The van der Waals surface area contributed by atoms with E-state index >= 15 is 0 Å². The number of thioether (sulfide) groups is 1. The summed E-state index contributed by atoms with van der Waals surface area (Å²) in [5, 5.41) is 0.753. The SMILES string of the molecule is Cc1cc(C)cc(-n2ccnc2SCC(=O)N2CCCN(c3ccc(C(F)(F)F)cn3)CC2)c1. The van der Waals surface area contributed by atoms with Gasteiger partial charge in [0.25, 0.3) is 0 Å². The standard InChI is InChI=1S/C24H26F3N5OS/c1-17-12-18(2)14-20(13-17)32-9-6-28-23(32)34-16-22(33)31-8-3-7-30(10-11-31)21-5-4-19(15-29-21)24(25,26)27/h4-6,9,12-15H,3,7-8,10-11,16H2,1-2H3. The maximum atomic E-state index is 12.9. The van der Waals surface area contributed by atoms with Crippen LogP contribution in [-0.4, -0.2) is 57.3 Å². The molecule has 2 aromatic heterocycles. The largest absolute Gasteiger partial charge is 0.417 e. The maximum absolute atomic E-state index is 12.9. The van der Waals surface area contributed by atoms with Crippen molar-refractivity contribution in [1.29, 1.82) is 0 Å². The first-order chi connectivity index (χ1) is 16.2. The van der Waals surface area contributed by atoms with Crippen LogP contribution in [0.4, 0.5) is 19.0 Å². The molecule has 1 aromatic carbocycles. The van der Waals surface area contributed by atoms with E-state index in [-0.39, 0.29) is 11.7 Å². The third kappa shape index (κ3) is 5.72. The second-order valence-corrected chi connectivity index (χ2v) is 9.28. The van der Waals surface area contributed by atoms with Gasteiger partial charge in [-0.15, -0.1) is 0 Å². The lowest BCUT2D eigenvalue weighted by atomic mass is 10.1. The average Bonchev–Trinajstić information content (AvgIpc) is 3.12. The molecule has 0 spiro atoms. The number of halogens is 3. The monoisotopic (exact) mass is 489 g/mol. The van der Waals surface area contributed by atoms with Gasteiger partial charge in [0.15, 0.2) is 5.16 Å². The Morgan fingerprint density at radius 1 is 1.03 bits per heavy atom. The van der Waals surface area contributed by atoms with Crippen molar-refractivity contribution in [3.63, 3.8) is 0 Å². The summed E-state index contributed by atoms with van der Waals surface area (Å²) in [6.45, 7) is 6.34. The van der Waals surface area contributed by atoms with Crippen molar-refractivity contribution in [3.05, 3.63) is 65.6 Å². The average molecular weight is 490 g/mol. The molecule has 0 radical (unpaired) electrons. The van der Waals surface area contributed by atoms with Crippen molar-refractivity contribution in [2.45, 2.75) is 31.6 Å². The van der Waals surface area contributed by atoms with Crippen LogP contribution in [0.5, 0.6) is 0 Å². The second-order valence-electron chi connectivity index (χ2n) is 8.34. The molecule has 3 aromatic rings. The molecule has 3 heterocycles. The lowest BCUT2D eigenvalue weighted by Gasteiger charge is -2.23. The molecular weight excluding hydrogens is 463 g/mol. The van der Waals surface area contributed by atoms with Crippen LogP contribution in [0.1, 0.15) is 23.1 Å². The fourth-order valence-corrected chi connectivity index (χ4v) is 4.91. The van der Waals surface area contributed by atoms with E-state index in [0.29, 0.717) is 32.0 Å². The molecule has 0 N–H and O–H groups in total. The third-order valence-electron chi connectivity index (χ3n) is 5.66. The highest BCUT2D eigenvalue weighted by molar-refractivity contribution is 7.99.